The van der Waals surface area contributed by atoms with Crippen LogP contribution >= 0.6 is 0 Å². The Labute approximate surface area is 438 Å². The number of hydrogen-bond donors (Lipinski definition) is 0. The summed E-state index contributed by atoms with van der Waals surface area (Å²) in [7, 11) is 9.79. The van der Waals surface area contributed by atoms with Gasteiger partial charge >= 0.3 is 24.3 Å². The second-order valence-corrected chi connectivity index (χ2v) is 17.4. The van der Waals surface area contributed by atoms with Crippen molar-refractivity contribution < 1.29 is 97.5 Å². The first-order valence-corrected chi connectivity index (χ1v) is 23.5. The number of carbonyl (C=O) groups is 2. The van der Waals surface area contributed by atoms with E-state index in [9.17, 15) is 9.59 Å². The van der Waals surface area contributed by atoms with Crippen molar-refractivity contribution in [2.24, 2.45) is 0 Å². The van der Waals surface area contributed by atoms with Crippen molar-refractivity contribution in [2.45, 2.75) is 60.8 Å². The number of hydrogen-bond acceptors (Lipinski definition) is 15. The van der Waals surface area contributed by atoms with E-state index < -0.39 is 71.0 Å². The quantitative estimate of drug-likeness (QED) is 0.0592. The number of methoxy groups -OCH3 is 8. The first-order valence-electron chi connectivity index (χ1n) is 23.5. The first-order chi connectivity index (χ1) is 36.8. The van der Waals surface area contributed by atoms with Gasteiger partial charge in [-0.3, -0.25) is 0 Å². The minimum atomic E-state index is -5.31. The maximum absolute atomic E-state index is 15.2. The number of rotatable bonds is 18. The predicted molar refractivity (Wildman–Crippen MR) is 261 cm³/mol. The monoisotopic (exact) mass is 1080 g/mol. The molecule has 0 aromatic heterocycles. The molecule has 2 aliphatic heterocycles. The normalized spacial score (nSPS) is 18.5. The van der Waals surface area contributed by atoms with E-state index in [1.807, 2.05) is 0 Å². The lowest BCUT2D eigenvalue weighted by atomic mass is 9.91. The van der Waals surface area contributed by atoms with Gasteiger partial charge in [-0.25, -0.2) is 9.59 Å². The summed E-state index contributed by atoms with van der Waals surface area (Å²) in [6.45, 7) is 0. The minimum absolute atomic E-state index is 0.0285. The van der Waals surface area contributed by atoms with Gasteiger partial charge in [0, 0.05) is 84.7 Å². The smallest absolute Gasteiger partial charge is 0.432 e. The number of carbonyl (C=O) groups excluding carboxylic acids is 2. The Morgan fingerprint density at radius 2 is 0.805 bits per heavy atom. The van der Waals surface area contributed by atoms with Gasteiger partial charge in [-0.15, -0.1) is 0 Å². The summed E-state index contributed by atoms with van der Waals surface area (Å²) in [6, 6.07) is 27.7. The number of alkyl halides is 6. The summed E-state index contributed by atoms with van der Waals surface area (Å²) in [4.78, 5) is 28.5. The fraction of sp³-hybridized carbons (Fsp3) is 0.321. The molecule has 6 atom stereocenters. The molecule has 6 aromatic rings. The molecule has 408 valence electrons. The van der Waals surface area contributed by atoms with Crippen LogP contribution < -0.4 is 42.6 Å². The standard InChI is InChI=1S/C56H52F6O15/c1-65-35-25-41(69-5)37-29-47(76-51(63)53(71-7,55(57,58)59)33-15-11-9-12-16-33)49(74-43(37)27-35)31-19-21-39(67-3)45(23-31)73-46-24-32(20-22-40(46)68-4)50-48(30-38-42(70-6)26-36(66-2)28-44(38)75-50)77-52(64)54(72-8,56(60,61)62)34-17-13-10-14-18-34/h9-28,47-50H,29-30H2,1-8H3/t47-,48-,49+,50+,53+,54+/m0/s1. The van der Waals surface area contributed by atoms with E-state index in [4.69, 9.17) is 61.6 Å². The third-order valence-corrected chi connectivity index (χ3v) is 13.3. The van der Waals surface area contributed by atoms with E-state index in [0.717, 1.165) is 38.5 Å². The molecule has 77 heavy (non-hydrogen) atoms. The van der Waals surface area contributed by atoms with Crippen LogP contribution in [0.15, 0.2) is 121 Å². The zero-order valence-corrected chi connectivity index (χ0v) is 42.7. The van der Waals surface area contributed by atoms with Crippen molar-refractivity contribution in [1.82, 2.24) is 0 Å². The Morgan fingerprint density at radius 3 is 1.12 bits per heavy atom. The third kappa shape index (κ3) is 10.2. The van der Waals surface area contributed by atoms with Gasteiger partial charge in [0.05, 0.1) is 42.7 Å². The van der Waals surface area contributed by atoms with Crippen molar-refractivity contribution in [3.63, 3.8) is 0 Å². The molecule has 0 unspecified atom stereocenters. The molecule has 0 radical (unpaired) electrons. The lowest BCUT2D eigenvalue weighted by Gasteiger charge is -2.38. The molecule has 0 saturated carbocycles. The summed E-state index contributed by atoms with van der Waals surface area (Å²) in [5.41, 5.74) is -7.07. The Bertz CT molecular complexity index is 2880. The number of halogens is 6. The highest BCUT2D eigenvalue weighted by atomic mass is 19.4. The maximum atomic E-state index is 15.2. The van der Waals surface area contributed by atoms with Crippen molar-refractivity contribution in [3.05, 3.63) is 155 Å². The zero-order chi connectivity index (χ0) is 55.5. The molecule has 2 heterocycles. The van der Waals surface area contributed by atoms with Gasteiger partial charge in [-0.05, 0) is 24.3 Å². The van der Waals surface area contributed by atoms with Crippen molar-refractivity contribution in [3.8, 4) is 57.5 Å². The number of esters is 2. The Morgan fingerprint density at radius 1 is 0.442 bits per heavy atom. The van der Waals surface area contributed by atoms with Gasteiger partial charge in [-0.1, -0.05) is 72.8 Å². The Hall–Kier alpha value is -8.04. The molecule has 15 nitrogen and oxygen atoms in total. The largest absolute Gasteiger partial charge is 0.496 e. The summed E-state index contributed by atoms with van der Waals surface area (Å²) >= 11 is 0. The van der Waals surface area contributed by atoms with Gasteiger partial charge in [0.15, 0.2) is 35.2 Å². The van der Waals surface area contributed by atoms with Crippen molar-refractivity contribution >= 4 is 11.9 Å². The van der Waals surface area contributed by atoms with Crippen LogP contribution in [0.5, 0.6) is 57.5 Å². The third-order valence-electron chi connectivity index (χ3n) is 13.3. The van der Waals surface area contributed by atoms with Gasteiger partial charge in [0.2, 0.25) is 0 Å². The number of benzene rings is 6. The van der Waals surface area contributed by atoms with Crippen molar-refractivity contribution in [2.75, 3.05) is 56.9 Å². The van der Waals surface area contributed by atoms with E-state index in [-0.39, 0.29) is 70.0 Å². The summed E-state index contributed by atoms with van der Waals surface area (Å²) in [5.74, 6) is -1.89. The Balaban J connectivity index is 1.21. The molecule has 0 fully saturated rings. The maximum Gasteiger partial charge on any atom is 0.432 e. The van der Waals surface area contributed by atoms with E-state index in [2.05, 4.69) is 0 Å². The van der Waals surface area contributed by atoms with Crippen LogP contribution in [0, 0.1) is 0 Å². The highest BCUT2D eigenvalue weighted by Crippen LogP contribution is 2.51. The Kier molecular flexibility index (Phi) is 16.0. The summed E-state index contributed by atoms with van der Waals surface area (Å²) in [5, 5.41) is 0. The predicted octanol–water partition coefficient (Wildman–Crippen LogP) is 10.9. The van der Waals surface area contributed by atoms with Crippen LogP contribution in [0.4, 0.5) is 26.3 Å². The van der Waals surface area contributed by atoms with Crippen LogP contribution in [0.3, 0.4) is 0 Å². The summed E-state index contributed by atoms with van der Waals surface area (Å²) in [6.07, 6.45) is -16.8. The molecule has 0 saturated heterocycles. The topological polar surface area (TPSA) is 154 Å². The second-order valence-electron chi connectivity index (χ2n) is 17.4. The van der Waals surface area contributed by atoms with E-state index in [1.165, 1.54) is 115 Å². The highest BCUT2D eigenvalue weighted by Gasteiger charge is 2.66. The van der Waals surface area contributed by atoms with Crippen LogP contribution in [0.25, 0.3) is 0 Å². The number of fused-ring (bicyclic) bond motifs is 2. The average Bonchev–Trinajstić information content (AvgIpc) is 3.42. The minimum Gasteiger partial charge on any atom is -0.496 e. The fourth-order valence-corrected chi connectivity index (χ4v) is 9.45. The van der Waals surface area contributed by atoms with E-state index in [1.54, 1.807) is 24.3 Å². The molecule has 0 aliphatic carbocycles. The highest BCUT2D eigenvalue weighted by molar-refractivity contribution is 5.84. The van der Waals surface area contributed by atoms with Crippen LogP contribution in [0.1, 0.15) is 45.6 Å². The van der Waals surface area contributed by atoms with Gasteiger partial charge in [0.25, 0.3) is 11.2 Å². The molecule has 6 aromatic carbocycles. The van der Waals surface area contributed by atoms with Gasteiger partial charge < -0.3 is 61.6 Å². The molecule has 0 amide bonds. The molecule has 0 bridgehead atoms. The fourth-order valence-electron chi connectivity index (χ4n) is 9.45. The number of ether oxygens (including phenoxy) is 13. The molecular formula is C56H52F6O15. The second kappa shape index (κ2) is 22.3. The molecule has 21 heteroatoms. The molecule has 8 rings (SSSR count). The van der Waals surface area contributed by atoms with Crippen LogP contribution in [0.2, 0.25) is 0 Å². The van der Waals surface area contributed by atoms with E-state index >= 15 is 26.3 Å². The lowest BCUT2D eigenvalue weighted by Crippen LogP contribution is -2.53. The first kappa shape index (κ1) is 55.2. The van der Waals surface area contributed by atoms with Gasteiger partial charge in [-0.2, -0.15) is 26.3 Å². The SMILES string of the molecule is COc1cc(OC)c2c(c1)O[C@H](c1ccc(OC)c(Oc3cc([C@H]4Oc5cc(OC)cc(OC)c5C[C@@H]4OC(=O)[C@](OC)(c4ccccc4)C(F)(F)F)ccc3OC)c1)[C@@H](OC(=O)[C@](OC)(c1ccccc1)C(F)(F)F)C2. The van der Waals surface area contributed by atoms with Gasteiger partial charge in [0.1, 0.15) is 46.7 Å². The molecule has 2 aliphatic rings. The molecule has 0 spiro atoms. The summed E-state index contributed by atoms with van der Waals surface area (Å²) < 4.78 is 167. The van der Waals surface area contributed by atoms with E-state index in [0.29, 0.717) is 22.6 Å². The van der Waals surface area contributed by atoms with Crippen LogP contribution in [-0.2, 0) is 52.6 Å². The molecule has 0 N–H and O–H groups in total. The van der Waals surface area contributed by atoms with Crippen LogP contribution in [-0.4, -0.2) is 93.4 Å². The molecular weight excluding hydrogens is 1030 g/mol. The lowest BCUT2D eigenvalue weighted by molar-refractivity contribution is -0.280. The zero-order valence-electron chi connectivity index (χ0n) is 42.7. The van der Waals surface area contributed by atoms with Crippen molar-refractivity contribution in [1.29, 1.82) is 0 Å². The average molecular weight is 1080 g/mol.